The highest BCUT2D eigenvalue weighted by Crippen LogP contribution is 2.37. The van der Waals surface area contributed by atoms with Crippen molar-refractivity contribution in [2.24, 2.45) is 0 Å². The van der Waals surface area contributed by atoms with Gasteiger partial charge >= 0.3 is 5.97 Å². The number of hydrogen-bond donors (Lipinski definition) is 0. The van der Waals surface area contributed by atoms with E-state index in [4.69, 9.17) is 11.6 Å². The molecular formula is C8H8ClNO3S. The number of alkyl halides is 1. The van der Waals surface area contributed by atoms with Gasteiger partial charge in [-0.25, -0.2) is 4.79 Å². The molecule has 0 aromatic carbocycles. The summed E-state index contributed by atoms with van der Waals surface area (Å²) in [6.45, 7) is 0. The van der Waals surface area contributed by atoms with Gasteiger partial charge in [0.25, 0.3) is 0 Å². The number of carbonyl (C=O) groups excluding carboxylic acids is 2. The number of halogens is 1. The highest BCUT2D eigenvalue weighted by Gasteiger charge is 2.43. The van der Waals surface area contributed by atoms with Crippen molar-refractivity contribution < 1.29 is 14.3 Å². The highest BCUT2D eigenvalue weighted by molar-refractivity contribution is 8.00. The van der Waals surface area contributed by atoms with Crippen molar-refractivity contribution in [3.8, 4) is 0 Å². The maximum Gasteiger partial charge on any atom is 0.355 e. The molecule has 0 bridgehead atoms. The van der Waals surface area contributed by atoms with Crippen LogP contribution in [0.25, 0.3) is 0 Å². The highest BCUT2D eigenvalue weighted by atomic mass is 35.5. The van der Waals surface area contributed by atoms with Gasteiger partial charge in [-0.15, -0.1) is 11.8 Å². The van der Waals surface area contributed by atoms with Crippen molar-refractivity contribution in [1.82, 2.24) is 4.90 Å². The smallest absolute Gasteiger partial charge is 0.355 e. The van der Waals surface area contributed by atoms with Crippen LogP contribution in [-0.2, 0) is 14.3 Å². The van der Waals surface area contributed by atoms with Gasteiger partial charge in [0.15, 0.2) is 6.07 Å². The number of nitrogens with zero attached hydrogens (tertiary/aromatic N) is 1. The lowest BCUT2D eigenvalue weighted by molar-refractivity contribution is -0.148. The summed E-state index contributed by atoms with van der Waals surface area (Å²) in [6, 6.07) is -0.185. The maximum absolute atomic E-state index is 11.4. The van der Waals surface area contributed by atoms with Crippen LogP contribution in [0.15, 0.2) is 11.8 Å². The Morgan fingerprint density at radius 2 is 2.57 bits per heavy atom. The van der Waals surface area contributed by atoms with Crippen LogP contribution in [0.3, 0.4) is 0 Å². The van der Waals surface area contributed by atoms with Gasteiger partial charge in [-0.2, -0.15) is 0 Å². The van der Waals surface area contributed by atoms with Gasteiger partial charge in [-0.1, -0.05) is 11.6 Å². The van der Waals surface area contributed by atoms with Crippen LogP contribution in [0, 0.1) is 0 Å². The van der Waals surface area contributed by atoms with Gasteiger partial charge in [0, 0.05) is 5.75 Å². The van der Waals surface area contributed by atoms with Crippen LogP contribution in [-0.4, -0.2) is 34.0 Å². The molecule has 1 atom stereocenters. The molecule has 0 saturated carbocycles. The Balaban J connectivity index is 2.13. The maximum atomic E-state index is 11.4. The second kappa shape index (κ2) is 3.82. The first-order valence-electron chi connectivity index (χ1n) is 4.11. The number of β-lactam (4-membered cyclic amide) rings is 1. The average molecular weight is 234 g/mol. The normalized spacial score (nSPS) is 24.9. The molecule has 4 nitrogen and oxygen atoms in total. The summed E-state index contributed by atoms with van der Waals surface area (Å²) in [5, 5.41) is 0.116. The second-order valence-corrected chi connectivity index (χ2v) is 4.32. The minimum absolute atomic E-state index is 0.0278. The predicted molar refractivity (Wildman–Crippen MR) is 52.6 cm³/mol. The van der Waals surface area contributed by atoms with Crippen molar-refractivity contribution >= 4 is 35.2 Å². The lowest BCUT2D eigenvalue weighted by Crippen LogP contribution is -2.53. The van der Waals surface area contributed by atoms with E-state index in [2.05, 4.69) is 4.74 Å². The third kappa shape index (κ3) is 1.50. The number of ether oxygens (including phenoxy) is 1. The van der Waals surface area contributed by atoms with Gasteiger partial charge in [0.05, 0.1) is 11.8 Å². The fourth-order valence-electron chi connectivity index (χ4n) is 1.45. The van der Waals surface area contributed by atoms with Gasteiger partial charge < -0.3 is 4.74 Å². The number of esters is 1. The summed E-state index contributed by atoms with van der Waals surface area (Å²) in [5.74, 6) is 0.194. The van der Waals surface area contributed by atoms with E-state index in [0.29, 0.717) is 12.1 Å². The summed E-state index contributed by atoms with van der Waals surface area (Å²) < 4.78 is 4.64. The van der Waals surface area contributed by atoms with Gasteiger partial charge in [0.2, 0.25) is 5.91 Å². The van der Waals surface area contributed by atoms with Crippen LogP contribution < -0.4 is 0 Å². The van der Waals surface area contributed by atoms with E-state index >= 15 is 0 Å². The van der Waals surface area contributed by atoms with Crippen molar-refractivity contribution in [1.29, 1.82) is 0 Å². The van der Waals surface area contributed by atoms with Gasteiger partial charge in [0.1, 0.15) is 5.70 Å². The molecule has 76 valence electrons. The Hall–Kier alpha value is -0.680. The first-order valence-corrected chi connectivity index (χ1v) is 5.69. The Kier molecular flexibility index (Phi) is 2.69. The molecule has 0 aromatic rings. The molecule has 0 radical (unpaired) electrons. The number of thioether (sulfide) groups is 1. The zero-order chi connectivity index (χ0) is 10.1. The predicted octanol–water partition coefficient (Wildman–Crippen LogP) is 0.915. The van der Waals surface area contributed by atoms with Crippen molar-refractivity contribution in [3.05, 3.63) is 11.8 Å². The third-order valence-electron chi connectivity index (χ3n) is 2.13. The Morgan fingerprint density at radius 1 is 1.79 bits per heavy atom. The lowest BCUT2D eigenvalue weighted by Gasteiger charge is -2.42. The Bertz CT molecular complexity index is 318. The molecule has 2 heterocycles. The van der Waals surface area contributed by atoms with Gasteiger partial charge in [-0.05, 0) is 6.08 Å². The topological polar surface area (TPSA) is 46.6 Å². The van der Waals surface area contributed by atoms with Crippen molar-refractivity contribution in [3.63, 3.8) is 0 Å². The number of hydrogen-bond acceptors (Lipinski definition) is 4. The molecule has 1 unspecified atom stereocenters. The summed E-state index contributed by atoms with van der Waals surface area (Å²) >= 11 is 6.92. The number of rotatable bonds is 2. The number of fused-ring (bicyclic) bond motifs is 1. The van der Waals surface area contributed by atoms with Crippen LogP contribution in [0.4, 0.5) is 0 Å². The zero-order valence-electron chi connectivity index (χ0n) is 7.23. The number of carbonyl (C=O) groups is 2. The molecule has 1 fully saturated rings. The fourth-order valence-corrected chi connectivity index (χ4v) is 2.67. The van der Waals surface area contributed by atoms with E-state index in [9.17, 15) is 9.59 Å². The SMILES string of the molecule is O=C(OCCl)C1=CCSC2CC(=O)N12. The molecule has 2 rings (SSSR count). The fraction of sp³-hybridized carbons (Fsp3) is 0.500. The molecular weight excluding hydrogens is 226 g/mol. The molecule has 0 aromatic heterocycles. The Morgan fingerprint density at radius 3 is 3.21 bits per heavy atom. The minimum Gasteiger partial charge on any atom is -0.445 e. The first-order chi connectivity index (χ1) is 6.74. The van der Waals surface area contributed by atoms with E-state index in [1.807, 2.05) is 0 Å². The molecule has 0 N–H and O–H groups in total. The summed E-state index contributed by atoms with van der Waals surface area (Å²) in [4.78, 5) is 24.0. The minimum atomic E-state index is -0.515. The average Bonchev–Trinajstić information content (AvgIpc) is 2.16. The molecule has 1 saturated heterocycles. The monoisotopic (exact) mass is 233 g/mol. The quantitative estimate of drug-likeness (QED) is 0.404. The zero-order valence-corrected chi connectivity index (χ0v) is 8.81. The molecule has 0 spiro atoms. The van der Waals surface area contributed by atoms with E-state index in [1.165, 1.54) is 4.90 Å². The Labute approximate surface area is 90.2 Å². The lowest BCUT2D eigenvalue weighted by atomic mass is 10.1. The van der Waals surface area contributed by atoms with Crippen molar-refractivity contribution in [2.75, 3.05) is 11.8 Å². The number of amides is 1. The summed E-state index contributed by atoms with van der Waals surface area (Å²) in [6.07, 6.45) is 2.21. The first kappa shape index (κ1) is 9.86. The van der Waals surface area contributed by atoms with E-state index in [0.717, 1.165) is 5.75 Å². The second-order valence-electron chi connectivity index (χ2n) is 2.89. The van der Waals surface area contributed by atoms with Crippen molar-refractivity contribution in [2.45, 2.75) is 11.8 Å². The molecule has 2 aliphatic heterocycles. The van der Waals surface area contributed by atoms with Crippen LogP contribution in [0.5, 0.6) is 0 Å². The van der Waals surface area contributed by atoms with E-state index < -0.39 is 5.97 Å². The van der Waals surface area contributed by atoms with Crippen LogP contribution in [0.1, 0.15) is 6.42 Å². The third-order valence-corrected chi connectivity index (χ3v) is 3.36. The van der Waals surface area contributed by atoms with E-state index in [1.54, 1.807) is 17.8 Å². The van der Waals surface area contributed by atoms with Crippen LogP contribution in [0.2, 0.25) is 0 Å². The largest absolute Gasteiger partial charge is 0.445 e. The molecule has 1 amide bonds. The van der Waals surface area contributed by atoms with Crippen LogP contribution >= 0.6 is 23.4 Å². The molecule has 14 heavy (non-hydrogen) atoms. The standard InChI is InChI=1S/C8H8ClNO3S/c9-4-13-8(12)5-1-2-14-7-3-6(11)10(5)7/h1,7H,2-4H2. The van der Waals surface area contributed by atoms with E-state index in [-0.39, 0.29) is 17.3 Å². The molecule has 6 heteroatoms. The molecule has 2 aliphatic rings. The summed E-state index contributed by atoms with van der Waals surface area (Å²) in [7, 11) is 0. The summed E-state index contributed by atoms with van der Waals surface area (Å²) in [5.41, 5.74) is 0.339. The molecule has 0 aliphatic carbocycles. The van der Waals surface area contributed by atoms with Gasteiger partial charge in [-0.3, -0.25) is 9.69 Å².